The minimum Gasteiger partial charge on any atom is -0.495 e. The molecule has 0 spiro atoms. The molecule has 0 fully saturated rings. The second kappa shape index (κ2) is 7.42. The topological polar surface area (TPSA) is 116 Å². The van der Waals surface area contributed by atoms with Crippen molar-refractivity contribution in [2.45, 2.75) is 16.2 Å². The third-order valence-corrected chi connectivity index (χ3v) is 6.13. The van der Waals surface area contributed by atoms with E-state index in [0.29, 0.717) is 12.1 Å². The molecule has 25 heavy (non-hydrogen) atoms. The number of methoxy groups -OCH3 is 1. The van der Waals surface area contributed by atoms with Gasteiger partial charge in [-0.15, -0.1) is 0 Å². The van der Waals surface area contributed by atoms with Crippen LogP contribution in [0.15, 0.2) is 52.3 Å². The van der Waals surface area contributed by atoms with Gasteiger partial charge >= 0.3 is 0 Å². The minimum absolute atomic E-state index is 0.0763. The highest BCUT2D eigenvalue weighted by molar-refractivity contribution is 7.91. The van der Waals surface area contributed by atoms with Crippen LogP contribution in [0.1, 0.15) is 5.56 Å². The zero-order chi connectivity index (χ0) is 18.7. The van der Waals surface area contributed by atoms with Gasteiger partial charge < -0.3 is 10.5 Å². The standard InChI is InChI=1S/C16H20N2O5S2/c1-23-15-8-7-14(24(2,19)20)11-16(15)25(21,22)18-10-9-12-3-5-13(17)6-4-12/h3-8,11,18H,9-10,17H2,1-2H3. The van der Waals surface area contributed by atoms with Gasteiger partial charge in [0.2, 0.25) is 10.0 Å². The van der Waals surface area contributed by atoms with Gasteiger partial charge in [-0.3, -0.25) is 0 Å². The zero-order valence-corrected chi connectivity index (χ0v) is 15.5. The van der Waals surface area contributed by atoms with Crippen LogP contribution in [0.2, 0.25) is 0 Å². The highest BCUT2D eigenvalue weighted by Crippen LogP contribution is 2.26. The molecule has 2 aromatic carbocycles. The van der Waals surface area contributed by atoms with Gasteiger partial charge in [0.15, 0.2) is 9.84 Å². The number of nitrogens with two attached hydrogens (primary N) is 1. The van der Waals surface area contributed by atoms with Crippen LogP contribution in [-0.4, -0.2) is 36.7 Å². The van der Waals surface area contributed by atoms with E-state index in [1.807, 2.05) is 12.1 Å². The number of sulfone groups is 1. The second-order valence-corrected chi connectivity index (χ2v) is 9.23. The Bertz CT molecular complexity index is 953. The molecule has 0 bridgehead atoms. The van der Waals surface area contributed by atoms with E-state index in [4.69, 9.17) is 10.5 Å². The van der Waals surface area contributed by atoms with Gasteiger partial charge in [0.25, 0.3) is 0 Å². The largest absolute Gasteiger partial charge is 0.495 e. The first kappa shape index (κ1) is 19.2. The van der Waals surface area contributed by atoms with Crippen molar-refractivity contribution >= 4 is 25.5 Å². The summed E-state index contributed by atoms with van der Waals surface area (Å²) in [6, 6.07) is 10.8. The molecular formula is C16H20N2O5S2. The van der Waals surface area contributed by atoms with E-state index in [2.05, 4.69) is 4.72 Å². The molecule has 0 aromatic heterocycles. The number of nitrogen functional groups attached to an aromatic ring is 1. The fraction of sp³-hybridized carbons (Fsp3) is 0.250. The van der Waals surface area contributed by atoms with Gasteiger partial charge in [0.1, 0.15) is 10.6 Å². The van der Waals surface area contributed by atoms with E-state index in [1.165, 1.54) is 19.2 Å². The Balaban J connectivity index is 2.21. The number of hydrogen-bond acceptors (Lipinski definition) is 6. The lowest BCUT2D eigenvalue weighted by Crippen LogP contribution is -2.26. The molecule has 0 heterocycles. The number of ether oxygens (including phenoxy) is 1. The van der Waals surface area contributed by atoms with E-state index in [-0.39, 0.29) is 22.1 Å². The van der Waals surface area contributed by atoms with Gasteiger partial charge in [0, 0.05) is 18.5 Å². The molecule has 2 rings (SSSR count). The van der Waals surface area contributed by atoms with Gasteiger partial charge in [-0.1, -0.05) is 12.1 Å². The van der Waals surface area contributed by atoms with Crippen molar-refractivity contribution in [3.05, 3.63) is 48.0 Å². The molecular weight excluding hydrogens is 364 g/mol. The normalized spacial score (nSPS) is 12.1. The fourth-order valence-corrected chi connectivity index (χ4v) is 4.14. The lowest BCUT2D eigenvalue weighted by Gasteiger charge is -2.12. The molecule has 0 saturated heterocycles. The number of hydrogen-bond donors (Lipinski definition) is 2. The summed E-state index contributed by atoms with van der Waals surface area (Å²) < 4.78 is 55.9. The fourth-order valence-electron chi connectivity index (χ4n) is 2.19. The Kier molecular flexibility index (Phi) is 5.71. The molecule has 0 saturated carbocycles. The summed E-state index contributed by atoms with van der Waals surface area (Å²) in [4.78, 5) is -0.303. The summed E-state index contributed by atoms with van der Waals surface area (Å²) in [6.45, 7) is 0.151. The first-order valence-corrected chi connectivity index (χ1v) is 10.7. The third kappa shape index (κ3) is 4.94. The van der Waals surface area contributed by atoms with Crippen LogP contribution < -0.4 is 15.2 Å². The molecule has 0 atom stereocenters. The predicted octanol–water partition coefficient (Wildman–Crippen LogP) is 1.20. The molecule has 9 heteroatoms. The zero-order valence-electron chi connectivity index (χ0n) is 13.9. The highest BCUT2D eigenvalue weighted by Gasteiger charge is 2.22. The predicted molar refractivity (Wildman–Crippen MR) is 95.9 cm³/mol. The average Bonchev–Trinajstić information content (AvgIpc) is 2.55. The highest BCUT2D eigenvalue weighted by atomic mass is 32.2. The molecule has 0 amide bonds. The summed E-state index contributed by atoms with van der Waals surface area (Å²) in [5, 5.41) is 0. The average molecular weight is 384 g/mol. The maximum atomic E-state index is 12.5. The molecule has 0 unspecified atom stereocenters. The van der Waals surface area contributed by atoms with Crippen LogP contribution >= 0.6 is 0 Å². The van der Waals surface area contributed by atoms with Crippen LogP contribution in [0, 0.1) is 0 Å². The second-order valence-electron chi connectivity index (χ2n) is 5.47. The lowest BCUT2D eigenvalue weighted by molar-refractivity contribution is 0.401. The van der Waals surface area contributed by atoms with Crippen molar-refractivity contribution in [3.63, 3.8) is 0 Å². The van der Waals surface area contributed by atoms with Gasteiger partial charge in [-0.2, -0.15) is 0 Å². The molecule has 3 N–H and O–H groups in total. The molecule has 136 valence electrons. The Morgan fingerprint density at radius 3 is 2.24 bits per heavy atom. The first-order chi connectivity index (χ1) is 11.6. The molecule has 7 nitrogen and oxygen atoms in total. The maximum Gasteiger partial charge on any atom is 0.244 e. The molecule has 2 aromatic rings. The summed E-state index contributed by atoms with van der Waals surface area (Å²) in [7, 11) is -6.14. The van der Waals surface area contributed by atoms with Gasteiger partial charge in [-0.05, 0) is 42.3 Å². The van der Waals surface area contributed by atoms with Crippen LogP contribution in [-0.2, 0) is 26.3 Å². The number of nitrogens with one attached hydrogen (secondary N) is 1. The Morgan fingerprint density at radius 1 is 1.04 bits per heavy atom. The Labute approximate surface area is 147 Å². The van der Waals surface area contributed by atoms with Crippen molar-refractivity contribution in [2.24, 2.45) is 0 Å². The summed E-state index contributed by atoms with van der Waals surface area (Å²) in [6.07, 6.45) is 1.48. The number of anilines is 1. The maximum absolute atomic E-state index is 12.5. The van der Waals surface area contributed by atoms with E-state index >= 15 is 0 Å². The van der Waals surface area contributed by atoms with E-state index in [9.17, 15) is 16.8 Å². The molecule has 0 aliphatic rings. The van der Waals surface area contributed by atoms with Crippen LogP contribution in [0.25, 0.3) is 0 Å². The minimum atomic E-state index is -3.93. The summed E-state index contributed by atoms with van der Waals surface area (Å²) in [5.41, 5.74) is 7.16. The van der Waals surface area contributed by atoms with E-state index < -0.39 is 19.9 Å². The number of benzene rings is 2. The molecule has 0 aliphatic heterocycles. The monoisotopic (exact) mass is 384 g/mol. The van der Waals surface area contributed by atoms with Crippen LogP contribution in [0.5, 0.6) is 5.75 Å². The van der Waals surface area contributed by atoms with Crippen molar-refractivity contribution in [2.75, 3.05) is 25.6 Å². The van der Waals surface area contributed by atoms with Crippen molar-refractivity contribution < 1.29 is 21.6 Å². The van der Waals surface area contributed by atoms with Crippen molar-refractivity contribution in [1.82, 2.24) is 4.72 Å². The quantitative estimate of drug-likeness (QED) is 0.693. The smallest absolute Gasteiger partial charge is 0.244 e. The Morgan fingerprint density at radius 2 is 1.68 bits per heavy atom. The summed E-state index contributed by atoms with van der Waals surface area (Å²) >= 11 is 0. The number of sulfonamides is 1. The van der Waals surface area contributed by atoms with Gasteiger partial charge in [0.05, 0.1) is 12.0 Å². The van der Waals surface area contributed by atoms with E-state index in [1.54, 1.807) is 12.1 Å². The molecule has 0 radical (unpaired) electrons. The third-order valence-electron chi connectivity index (χ3n) is 3.54. The van der Waals surface area contributed by atoms with Crippen LogP contribution in [0.3, 0.4) is 0 Å². The Hall–Kier alpha value is -2.10. The van der Waals surface area contributed by atoms with Crippen LogP contribution in [0.4, 0.5) is 5.69 Å². The SMILES string of the molecule is COc1ccc(S(C)(=O)=O)cc1S(=O)(=O)NCCc1ccc(N)cc1. The first-order valence-electron chi connectivity index (χ1n) is 7.35. The van der Waals surface area contributed by atoms with Crippen molar-refractivity contribution in [3.8, 4) is 5.75 Å². The van der Waals surface area contributed by atoms with Gasteiger partial charge in [-0.25, -0.2) is 21.6 Å². The molecule has 0 aliphatic carbocycles. The lowest BCUT2D eigenvalue weighted by atomic mass is 10.1. The van der Waals surface area contributed by atoms with Crippen molar-refractivity contribution in [1.29, 1.82) is 0 Å². The summed E-state index contributed by atoms with van der Waals surface area (Å²) in [5.74, 6) is 0.0763. The van der Waals surface area contributed by atoms with E-state index in [0.717, 1.165) is 17.9 Å². The number of rotatable bonds is 7.